The molecule has 0 unspecified atom stereocenters. The van der Waals surface area contributed by atoms with Gasteiger partial charge in [0, 0.05) is 11.3 Å². The van der Waals surface area contributed by atoms with Crippen LogP contribution in [-0.4, -0.2) is 20.2 Å². The van der Waals surface area contributed by atoms with E-state index in [0.29, 0.717) is 17.1 Å². The van der Waals surface area contributed by atoms with Crippen molar-refractivity contribution < 1.29 is 22.4 Å². The number of rotatable bonds is 8. The maximum atomic E-state index is 12.8. The van der Waals surface area contributed by atoms with Crippen LogP contribution in [0.2, 0.25) is 0 Å². The summed E-state index contributed by atoms with van der Waals surface area (Å²) in [5.41, 5.74) is 1.29. The first-order chi connectivity index (χ1) is 16.4. The molecule has 0 saturated heterocycles. The van der Waals surface area contributed by atoms with Crippen molar-refractivity contribution in [2.24, 2.45) is 0 Å². The molecule has 0 spiro atoms. The quantitative estimate of drug-likeness (QED) is 0.352. The van der Waals surface area contributed by atoms with Crippen molar-refractivity contribution in [2.45, 2.75) is 11.4 Å². The van der Waals surface area contributed by atoms with Crippen LogP contribution >= 0.6 is 0 Å². The fourth-order valence-electron chi connectivity index (χ4n) is 3.17. The topological polar surface area (TPSA) is 118 Å². The van der Waals surface area contributed by atoms with Crippen LogP contribution in [0.3, 0.4) is 0 Å². The van der Waals surface area contributed by atoms with Crippen molar-refractivity contribution in [3.63, 3.8) is 0 Å². The predicted octanol–water partition coefficient (Wildman–Crippen LogP) is 4.26. The van der Waals surface area contributed by atoms with Gasteiger partial charge in [-0.3, -0.25) is 14.3 Å². The van der Waals surface area contributed by atoms with Gasteiger partial charge in [-0.15, -0.1) is 0 Å². The zero-order valence-corrected chi connectivity index (χ0v) is 18.7. The van der Waals surface area contributed by atoms with E-state index >= 15 is 0 Å². The summed E-state index contributed by atoms with van der Waals surface area (Å²) in [4.78, 5) is 25.4. The summed E-state index contributed by atoms with van der Waals surface area (Å²) in [6.45, 7) is 0.209. The molecule has 1 aromatic heterocycles. The lowest BCUT2D eigenvalue weighted by molar-refractivity contribution is 0.0949. The standard InChI is InChI=1S/C25H21N3O5S/c29-24(18-12-14-21(15-13-18)34(31,32)28-19-7-2-1-3-8-19)27-23-11-5-4-10-22(23)25(30)26-17-20-9-6-16-33-20/h1-16,28H,17H2,(H,26,30)(H,27,29). The van der Waals surface area contributed by atoms with Crippen LogP contribution in [0.5, 0.6) is 0 Å². The minimum absolute atomic E-state index is 0.0191. The Morgan fingerprint density at radius 3 is 2.18 bits per heavy atom. The average Bonchev–Trinajstić information content (AvgIpc) is 3.37. The largest absolute Gasteiger partial charge is 0.467 e. The molecule has 0 fully saturated rings. The van der Waals surface area contributed by atoms with E-state index in [1.165, 1.54) is 30.5 Å². The van der Waals surface area contributed by atoms with Crippen LogP contribution in [0.25, 0.3) is 0 Å². The second kappa shape index (κ2) is 10.1. The molecular weight excluding hydrogens is 454 g/mol. The molecule has 4 aromatic rings. The molecule has 1 heterocycles. The van der Waals surface area contributed by atoms with Crippen LogP contribution in [-0.2, 0) is 16.6 Å². The van der Waals surface area contributed by atoms with Crippen LogP contribution in [0.1, 0.15) is 26.5 Å². The third-order valence-electron chi connectivity index (χ3n) is 4.88. The SMILES string of the molecule is O=C(Nc1ccccc1C(=O)NCc1ccco1)c1ccc(S(=O)(=O)Nc2ccccc2)cc1. The molecule has 0 aliphatic carbocycles. The van der Waals surface area contributed by atoms with Crippen LogP contribution in [0.15, 0.2) is 107 Å². The van der Waals surface area contributed by atoms with Crippen molar-refractivity contribution in [3.05, 3.63) is 114 Å². The maximum Gasteiger partial charge on any atom is 0.261 e. The van der Waals surface area contributed by atoms with E-state index in [1.807, 2.05) is 0 Å². The lowest BCUT2D eigenvalue weighted by Gasteiger charge is -2.12. The molecule has 3 aromatic carbocycles. The van der Waals surface area contributed by atoms with Gasteiger partial charge in [0.05, 0.1) is 29.0 Å². The number of carbonyl (C=O) groups is 2. The van der Waals surface area contributed by atoms with E-state index in [4.69, 9.17) is 4.42 Å². The molecule has 4 rings (SSSR count). The third kappa shape index (κ3) is 5.51. The zero-order valence-electron chi connectivity index (χ0n) is 17.9. The van der Waals surface area contributed by atoms with Crippen molar-refractivity contribution in [3.8, 4) is 0 Å². The highest BCUT2D eigenvalue weighted by Gasteiger charge is 2.17. The van der Waals surface area contributed by atoms with Crippen molar-refractivity contribution in [1.82, 2.24) is 5.32 Å². The Hall–Kier alpha value is -4.37. The second-order valence-electron chi connectivity index (χ2n) is 7.26. The summed E-state index contributed by atoms with van der Waals surface area (Å²) in [6.07, 6.45) is 1.52. The van der Waals surface area contributed by atoms with Gasteiger partial charge in [0.15, 0.2) is 0 Å². The summed E-state index contributed by atoms with van der Waals surface area (Å²) < 4.78 is 32.8. The maximum absolute atomic E-state index is 12.8. The van der Waals surface area contributed by atoms with Crippen molar-refractivity contribution in [1.29, 1.82) is 0 Å². The summed E-state index contributed by atoms with van der Waals surface area (Å²) >= 11 is 0. The third-order valence-corrected chi connectivity index (χ3v) is 6.27. The number of hydrogen-bond donors (Lipinski definition) is 3. The molecule has 0 aliphatic heterocycles. The van der Waals surface area contributed by atoms with Crippen LogP contribution < -0.4 is 15.4 Å². The Bertz CT molecular complexity index is 1380. The molecule has 0 atom stereocenters. The number of sulfonamides is 1. The molecule has 34 heavy (non-hydrogen) atoms. The Balaban J connectivity index is 1.44. The van der Waals surface area contributed by atoms with Gasteiger partial charge in [-0.2, -0.15) is 0 Å². The smallest absolute Gasteiger partial charge is 0.261 e. The van der Waals surface area contributed by atoms with Crippen molar-refractivity contribution >= 4 is 33.2 Å². The Kier molecular flexibility index (Phi) is 6.74. The molecule has 0 aliphatic rings. The van der Waals surface area contributed by atoms with E-state index in [0.717, 1.165) is 0 Å². The van der Waals surface area contributed by atoms with Gasteiger partial charge in [-0.1, -0.05) is 30.3 Å². The van der Waals surface area contributed by atoms with E-state index in [-0.39, 0.29) is 28.5 Å². The monoisotopic (exact) mass is 475 g/mol. The molecule has 0 saturated carbocycles. The Labute approximate surface area is 196 Å². The average molecular weight is 476 g/mol. The first-order valence-corrected chi connectivity index (χ1v) is 11.8. The summed E-state index contributed by atoms with van der Waals surface area (Å²) in [7, 11) is -3.80. The molecule has 2 amide bonds. The molecule has 0 radical (unpaired) electrons. The van der Waals surface area contributed by atoms with E-state index < -0.39 is 15.9 Å². The minimum Gasteiger partial charge on any atom is -0.467 e. The van der Waals surface area contributed by atoms with Gasteiger partial charge in [-0.05, 0) is 60.7 Å². The van der Waals surface area contributed by atoms with Crippen LogP contribution in [0, 0.1) is 0 Å². The molecular formula is C25H21N3O5S. The van der Waals surface area contributed by atoms with Gasteiger partial charge >= 0.3 is 0 Å². The highest BCUT2D eigenvalue weighted by atomic mass is 32.2. The number of amides is 2. The first kappa shape index (κ1) is 22.8. The fourth-order valence-corrected chi connectivity index (χ4v) is 4.22. The van der Waals surface area contributed by atoms with Gasteiger partial charge in [0.25, 0.3) is 21.8 Å². The van der Waals surface area contributed by atoms with Gasteiger partial charge < -0.3 is 15.1 Å². The number of carbonyl (C=O) groups excluding carboxylic acids is 2. The molecule has 0 bridgehead atoms. The molecule has 172 valence electrons. The molecule has 3 N–H and O–H groups in total. The van der Waals surface area contributed by atoms with Gasteiger partial charge in [0.1, 0.15) is 5.76 Å². The predicted molar refractivity (Wildman–Crippen MR) is 128 cm³/mol. The highest BCUT2D eigenvalue weighted by Crippen LogP contribution is 2.19. The van der Waals surface area contributed by atoms with Crippen molar-refractivity contribution in [2.75, 3.05) is 10.0 Å². The Morgan fingerprint density at radius 1 is 0.765 bits per heavy atom. The minimum atomic E-state index is -3.80. The first-order valence-electron chi connectivity index (χ1n) is 10.3. The normalized spacial score (nSPS) is 10.9. The second-order valence-corrected chi connectivity index (χ2v) is 8.94. The number of para-hydroxylation sites is 2. The number of furan rings is 1. The number of anilines is 2. The van der Waals surface area contributed by atoms with Gasteiger partial charge in [0.2, 0.25) is 0 Å². The zero-order chi connectivity index (χ0) is 24.0. The van der Waals surface area contributed by atoms with E-state index in [2.05, 4.69) is 15.4 Å². The Morgan fingerprint density at radius 2 is 1.47 bits per heavy atom. The summed E-state index contributed by atoms with van der Waals surface area (Å²) in [5.74, 6) is -0.251. The highest BCUT2D eigenvalue weighted by molar-refractivity contribution is 7.92. The van der Waals surface area contributed by atoms with E-state index in [9.17, 15) is 18.0 Å². The number of hydrogen-bond acceptors (Lipinski definition) is 5. The fraction of sp³-hybridized carbons (Fsp3) is 0.0400. The van der Waals surface area contributed by atoms with Crippen LogP contribution in [0.4, 0.5) is 11.4 Å². The lowest BCUT2D eigenvalue weighted by atomic mass is 10.1. The molecule has 9 heteroatoms. The number of nitrogens with one attached hydrogen (secondary N) is 3. The summed E-state index contributed by atoms with van der Waals surface area (Å²) in [5, 5.41) is 5.45. The van der Waals surface area contributed by atoms with E-state index in [1.54, 1.807) is 66.7 Å². The molecule has 8 nitrogen and oxygen atoms in total. The summed E-state index contributed by atoms with van der Waals surface area (Å²) in [6, 6.07) is 24.1. The number of benzene rings is 3. The lowest BCUT2D eigenvalue weighted by Crippen LogP contribution is -2.24. The van der Waals surface area contributed by atoms with Gasteiger partial charge in [-0.25, -0.2) is 8.42 Å².